The number of morpholine rings is 1. The second-order valence-electron chi connectivity index (χ2n) is 4.91. The van der Waals surface area contributed by atoms with Crippen molar-refractivity contribution in [3.63, 3.8) is 0 Å². The summed E-state index contributed by atoms with van der Waals surface area (Å²) in [6.07, 6.45) is 0. The Kier molecular flexibility index (Phi) is 4.12. The summed E-state index contributed by atoms with van der Waals surface area (Å²) in [6.45, 7) is 13.8. The average Bonchev–Trinajstić information content (AvgIpc) is 2.19. The van der Waals surface area contributed by atoms with Crippen molar-refractivity contribution in [3.8, 4) is 0 Å². The van der Waals surface area contributed by atoms with Crippen LogP contribution in [-0.2, 0) is 4.74 Å². The van der Waals surface area contributed by atoms with Crippen LogP contribution >= 0.6 is 0 Å². The van der Waals surface area contributed by atoms with E-state index >= 15 is 0 Å². The highest BCUT2D eigenvalue weighted by atomic mass is 29.3. The maximum atomic E-state index is 5.40. The lowest BCUT2D eigenvalue weighted by molar-refractivity contribution is 0.0701. The second kappa shape index (κ2) is 4.58. The zero-order valence-electron chi connectivity index (χ0n) is 9.68. The van der Waals surface area contributed by atoms with Gasteiger partial charge in [-0.25, -0.2) is 0 Å². The van der Waals surface area contributed by atoms with Gasteiger partial charge in [-0.1, -0.05) is 26.2 Å². The van der Waals surface area contributed by atoms with Crippen LogP contribution in [0.1, 0.15) is 0 Å². The Morgan fingerprint density at radius 1 is 1.14 bits per heavy atom. The molecular formula is C8H21N2OSi3. The highest BCUT2D eigenvalue weighted by Gasteiger charge is 2.45. The van der Waals surface area contributed by atoms with Gasteiger partial charge in [0.1, 0.15) is 25.9 Å². The lowest BCUT2D eigenvalue weighted by Crippen LogP contribution is -2.73. The molecule has 1 heterocycles. The van der Waals surface area contributed by atoms with Gasteiger partial charge >= 0.3 is 0 Å². The predicted molar refractivity (Wildman–Crippen MR) is 66.2 cm³/mol. The summed E-state index contributed by atoms with van der Waals surface area (Å²) in [5.74, 6) is 0. The third-order valence-electron chi connectivity index (χ3n) is 3.64. The Balaban J connectivity index is 2.71. The molecule has 1 aliphatic heterocycles. The average molecular weight is 246 g/mol. The van der Waals surface area contributed by atoms with E-state index in [0.717, 1.165) is 26.3 Å². The topological polar surface area (TPSA) is 24.5 Å². The van der Waals surface area contributed by atoms with E-state index in [0.29, 0.717) is 0 Å². The van der Waals surface area contributed by atoms with E-state index in [1.165, 1.54) is 0 Å². The molecule has 0 unspecified atom stereocenters. The molecule has 3 radical (unpaired) electrons. The minimum Gasteiger partial charge on any atom is -0.379 e. The molecule has 1 fully saturated rings. The Morgan fingerprint density at radius 3 is 2.07 bits per heavy atom. The molecule has 0 spiro atoms. The molecule has 1 aliphatic rings. The molecule has 0 saturated carbocycles. The Hall–Kier alpha value is 0.531. The minimum atomic E-state index is -1.32. The predicted octanol–water partition coefficient (Wildman–Crippen LogP) is 0.480. The van der Waals surface area contributed by atoms with Gasteiger partial charge in [-0.2, -0.15) is 0 Å². The van der Waals surface area contributed by atoms with Gasteiger partial charge in [0.05, 0.1) is 13.2 Å². The quantitative estimate of drug-likeness (QED) is 0.732. The first-order valence-corrected chi connectivity index (χ1v) is 12.6. The smallest absolute Gasteiger partial charge is 0.132 e. The maximum Gasteiger partial charge on any atom is 0.132 e. The number of hydrogen-bond acceptors (Lipinski definition) is 3. The molecule has 0 amide bonds. The van der Waals surface area contributed by atoms with Gasteiger partial charge in [-0.05, 0) is 0 Å². The molecule has 0 atom stereocenters. The molecule has 14 heavy (non-hydrogen) atoms. The molecule has 81 valence electrons. The number of hydrogen-bond donors (Lipinski definition) is 1. The monoisotopic (exact) mass is 245 g/mol. The van der Waals surface area contributed by atoms with Crippen LogP contribution in [0, 0.1) is 0 Å². The van der Waals surface area contributed by atoms with Crippen LogP contribution in [-0.4, -0.2) is 56.8 Å². The summed E-state index contributed by atoms with van der Waals surface area (Å²) in [7, 11) is 0.894. The minimum absolute atomic E-state index is 0.905. The standard InChI is InChI=1S/C8H21N2OSi3/c1-13(2,9-12)14(3,4)10-5-7-11-8-6-10/h9H,5-8H2,1-4H3. The van der Waals surface area contributed by atoms with Crippen LogP contribution in [0.25, 0.3) is 0 Å². The van der Waals surface area contributed by atoms with Crippen molar-refractivity contribution in [2.75, 3.05) is 26.3 Å². The molecular weight excluding hydrogens is 224 g/mol. The highest BCUT2D eigenvalue weighted by molar-refractivity contribution is 7.39. The van der Waals surface area contributed by atoms with E-state index in [1.54, 1.807) is 0 Å². The van der Waals surface area contributed by atoms with Crippen molar-refractivity contribution >= 4 is 25.9 Å². The van der Waals surface area contributed by atoms with Crippen LogP contribution in [0.15, 0.2) is 0 Å². The molecule has 1 N–H and O–H groups in total. The van der Waals surface area contributed by atoms with Gasteiger partial charge in [-0.3, -0.25) is 0 Å². The first-order valence-electron chi connectivity index (χ1n) is 5.18. The number of nitrogens with zero attached hydrogens (tertiary/aromatic N) is 1. The molecule has 1 saturated heterocycles. The van der Waals surface area contributed by atoms with Crippen LogP contribution in [0.3, 0.4) is 0 Å². The van der Waals surface area contributed by atoms with Crippen LogP contribution in [0.5, 0.6) is 0 Å². The first kappa shape index (κ1) is 12.6. The number of rotatable bonds is 3. The molecule has 0 bridgehead atoms. The zero-order chi connectivity index (χ0) is 10.8. The first-order chi connectivity index (χ1) is 6.42. The lowest BCUT2D eigenvalue weighted by Gasteiger charge is -2.47. The Bertz CT molecular complexity index is 193. The van der Waals surface area contributed by atoms with Gasteiger partial charge < -0.3 is 14.0 Å². The number of nitrogens with one attached hydrogen (secondary N) is 1. The maximum absolute atomic E-state index is 5.40. The SMILES string of the molecule is C[Si](C)(N[Si])[Si](C)(C)N1CCOCC1. The van der Waals surface area contributed by atoms with Crippen molar-refractivity contribution < 1.29 is 4.74 Å². The third-order valence-corrected chi connectivity index (χ3v) is 22.5. The molecule has 0 aromatic rings. The van der Waals surface area contributed by atoms with E-state index in [2.05, 4.69) is 45.8 Å². The summed E-state index contributed by atoms with van der Waals surface area (Å²) < 4.78 is 11.5. The summed E-state index contributed by atoms with van der Waals surface area (Å²) in [6, 6.07) is 0. The van der Waals surface area contributed by atoms with Gasteiger partial charge in [0.15, 0.2) is 0 Å². The normalized spacial score (nSPS) is 21.2. The van der Waals surface area contributed by atoms with Crippen molar-refractivity contribution in [3.05, 3.63) is 0 Å². The Labute approximate surface area is 92.7 Å². The fourth-order valence-corrected chi connectivity index (χ4v) is 10.8. The summed E-state index contributed by atoms with van der Waals surface area (Å²) in [5, 5.41) is 0. The van der Waals surface area contributed by atoms with Crippen molar-refractivity contribution in [1.82, 2.24) is 9.21 Å². The number of ether oxygens (including phenoxy) is 1. The van der Waals surface area contributed by atoms with E-state index in [9.17, 15) is 0 Å². The summed E-state index contributed by atoms with van der Waals surface area (Å²) >= 11 is 0. The van der Waals surface area contributed by atoms with Crippen molar-refractivity contribution in [2.45, 2.75) is 26.2 Å². The van der Waals surface area contributed by atoms with Crippen LogP contribution < -0.4 is 4.65 Å². The van der Waals surface area contributed by atoms with E-state index in [4.69, 9.17) is 4.74 Å². The van der Waals surface area contributed by atoms with Gasteiger partial charge in [0.25, 0.3) is 0 Å². The van der Waals surface area contributed by atoms with Crippen LogP contribution in [0.4, 0.5) is 0 Å². The molecule has 0 aliphatic carbocycles. The largest absolute Gasteiger partial charge is 0.379 e. The second-order valence-corrected chi connectivity index (χ2v) is 20.3. The van der Waals surface area contributed by atoms with Gasteiger partial charge in [0, 0.05) is 13.1 Å². The fraction of sp³-hybridized carbons (Fsp3) is 1.00. The zero-order valence-corrected chi connectivity index (χ0v) is 12.7. The highest BCUT2D eigenvalue weighted by Crippen LogP contribution is 2.21. The molecule has 3 nitrogen and oxygen atoms in total. The third kappa shape index (κ3) is 2.37. The van der Waals surface area contributed by atoms with Crippen LogP contribution in [0.2, 0.25) is 26.2 Å². The lowest BCUT2D eigenvalue weighted by atomic mass is 10.5. The van der Waals surface area contributed by atoms with Gasteiger partial charge in [-0.15, -0.1) is 0 Å². The molecule has 0 aromatic heterocycles. The Morgan fingerprint density at radius 2 is 1.64 bits per heavy atom. The molecule has 6 heteroatoms. The van der Waals surface area contributed by atoms with Gasteiger partial charge in [0.2, 0.25) is 0 Å². The van der Waals surface area contributed by atoms with E-state index in [1.807, 2.05) is 0 Å². The fourth-order valence-electron chi connectivity index (χ4n) is 1.67. The van der Waals surface area contributed by atoms with Crippen molar-refractivity contribution in [1.29, 1.82) is 0 Å². The summed E-state index contributed by atoms with van der Waals surface area (Å²) in [5.41, 5.74) is 0. The van der Waals surface area contributed by atoms with E-state index in [-0.39, 0.29) is 0 Å². The summed E-state index contributed by atoms with van der Waals surface area (Å²) in [4.78, 5) is 0. The molecule has 0 aromatic carbocycles. The van der Waals surface area contributed by atoms with Crippen molar-refractivity contribution in [2.24, 2.45) is 0 Å². The molecule has 1 rings (SSSR count). The van der Waals surface area contributed by atoms with E-state index < -0.39 is 15.5 Å².